The van der Waals surface area contributed by atoms with Crippen molar-refractivity contribution in [2.45, 2.75) is 32.1 Å². The van der Waals surface area contributed by atoms with Gasteiger partial charge in [-0.1, -0.05) is 12.5 Å². The van der Waals surface area contributed by atoms with E-state index >= 15 is 0 Å². The number of hydrogen-bond donors (Lipinski definition) is 1. The molecule has 1 aliphatic carbocycles. The van der Waals surface area contributed by atoms with Crippen LogP contribution in [0.3, 0.4) is 0 Å². The van der Waals surface area contributed by atoms with E-state index in [2.05, 4.69) is 17.4 Å². The fourth-order valence-corrected chi connectivity index (χ4v) is 2.20. The average molecular weight is 203 g/mol. The summed E-state index contributed by atoms with van der Waals surface area (Å²) < 4.78 is 0. The van der Waals surface area contributed by atoms with Crippen LogP contribution in [-0.2, 0) is 12.8 Å². The summed E-state index contributed by atoms with van der Waals surface area (Å²) in [5, 5.41) is 2.66. The molecule has 2 heteroatoms. The summed E-state index contributed by atoms with van der Waals surface area (Å²) in [4.78, 5) is 11.5. The Bertz CT molecular complexity index is 371. The molecule has 0 atom stereocenters. The average Bonchev–Trinajstić information content (AvgIpc) is 2.51. The number of nitrogens with one attached hydrogen (secondary N) is 1. The van der Waals surface area contributed by atoms with Crippen LogP contribution in [0.4, 0.5) is 0 Å². The smallest absolute Gasteiger partial charge is 0.251 e. The molecule has 1 amide bonds. The monoisotopic (exact) mass is 203 g/mol. The zero-order chi connectivity index (χ0) is 10.7. The van der Waals surface area contributed by atoms with Gasteiger partial charge in [-0.2, -0.15) is 0 Å². The molecule has 0 bridgehead atoms. The van der Waals surface area contributed by atoms with E-state index in [0.29, 0.717) is 0 Å². The highest BCUT2D eigenvalue weighted by Crippen LogP contribution is 2.21. The van der Waals surface area contributed by atoms with Gasteiger partial charge in [-0.05, 0) is 48.9 Å². The fraction of sp³-hybridized carbons (Fsp3) is 0.462. The number of carbonyl (C=O) groups is 1. The van der Waals surface area contributed by atoms with Crippen LogP contribution in [0.1, 0.15) is 40.7 Å². The van der Waals surface area contributed by atoms with E-state index in [1.54, 1.807) is 7.05 Å². The summed E-state index contributed by atoms with van der Waals surface area (Å²) in [5.41, 5.74) is 3.59. The molecule has 15 heavy (non-hydrogen) atoms. The van der Waals surface area contributed by atoms with Crippen LogP contribution < -0.4 is 5.32 Å². The molecule has 1 N–H and O–H groups in total. The van der Waals surface area contributed by atoms with Gasteiger partial charge >= 0.3 is 0 Å². The minimum Gasteiger partial charge on any atom is -0.355 e. The highest BCUT2D eigenvalue weighted by molar-refractivity contribution is 5.94. The van der Waals surface area contributed by atoms with Crippen molar-refractivity contribution >= 4 is 5.91 Å². The van der Waals surface area contributed by atoms with E-state index in [-0.39, 0.29) is 5.91 Å². The third-order valence-electron chi connectivity index (χ3n) is 3.09. The third-order valence-corrected chi connectivity index (χ3v) is 3.09. The molecule has 1 aromatic rings. The number of amides is 1. The van der Waals surface area contributed by atoms with Crippen LogP contribution >= 0.6 is 0 Å². The van der Waals surface area contributed by atoms with Crippen molar-refractivity contribution in [2.75, 3.05) is 7.05 Å². The maximum atomic E-state index is 11.5. The fourth-order valence-electron chi connectivity index (χ4n) is 2.20. The number of benzene rings is 1. The molecule has 0 spiro atoms. The number of carbonyl (C=O) groups excluding carboxylic acids is 1. The maximum Gasteiger partial charge on any atom is 0.251 e. The van der Waals surface area contributed by atoms with Crippen LogP contribution in [0.25, 0.3) is 0 Å². The quantitative estimate of drug-likeness (QED) is 0.697. The molecule has 1 aliphatic rings. The van der Waals surface area contributed by atoms with Crippen molar-refractivity contribution in [3.05, 3.63) is 34.9 Å². The predicted octanol–water partition coefficient (Wildman–Crippen LogP) is 2.32. The van der Waals surface area contributed by atoms with Crippen LogP contribution in [0.5, 0.6) is 0 Å². The van der Waals surface area contributed by atoms with E-state index in [1.807, 2.05) is 6.07 Å². The molecule has 0 aromatic heterocycles. The second kappa shape index (κ2) is 4.47. The Hall–Kier alpha value is -1.31. The van der Waals surface area contributed by atoms with Crippen LogP contribution in [0.15, 0.2) is 18.2 Å². The van der Waals surface area contributed by atoms with E-state index in [9.17, 15) is 4.79 Å². The Kier molecular flexibility index (Phi) is 3.05. The van der Waals surface area contributed by atoms with Gasteiger partial charge in [-0.3, -0.25) is 4.79 Å². The summed E-state index contributed by atoms with van der Waals surface area (Å²) in [6, 6.07) is 6.10. The van der Waals surface area contributed by atoms with Crippen molar-refractivity contribution in [3.8, 4) is 0 Å². The molecular formula is C13H17NO. The van der Waals surface area contributed by atoms with Crippen molar-refractivity contribution in [2.24, 2.45) is 0 Å². The lowest BCUT2D eigenvalue weighted by Gasteiger charge is -2.07. The molecule has 0 heterocycles. The molecule has 1 aromatic carbocycles. The van der Waals surface area contributed by atoms with Gasteiger partial charge in [0.25, 0.3) is 5.91 Å². The molecule has 0 fully saturated rings. The molecule has 0 saturated heterocycles. The molecule has 0 unspecified atom stereocenters. The molecule has 0 aliphatic heterocycles. The van der Waals surface area contributed by atoms with Crippen LogP contribution in [0.2, 0.25) is 0 Å². The van der Waals surface area contributed by atoms with Gasteiger partial charge in [0.05, 0.1) is 0 Å². The van der Waals surface area contributed by atoms with Gasteiger partial charge in [0.1, 0.15) is 0 Å². The van der Waals surface area contributed by atoms with Crippen molar-refractivity contribution in [1.29, 1.82) is 0 Å². The lowest BCUT2D eigenvalue weighted by Crippen LogP contribution is -2.18. The SMILES string of the molecule is CNC(=O)c1ccc2c(c1)CCCCC2. The Morgan fingerprint density at radius 2 is 1.87 bits per heavy atom. The van der Waals surface area contributed by atoms with Gasteiger partial charge in [0.15, 0.2) is 0 Å². The highest BCUT2D eigenvalue weighted by atomic mass is 16.1. The number of fused-ring (bicyclic) bond motifs is 1. The highest BCUT2D eigenvalue weighted by Gasteiger charge is 2.10. The molecule has 0 saturated carbocycles. The minimum absolute atomic E-state index is 0.0158. The molecule has 0 radical (unpaired) electrons. The minimum atomic E-state index is 0.0158. The second-order valence-corrected chi connectivity index (χ2v) is 4.12. The standard InChI is InChI=1S/C13H17NO/c1-14-13(15)12-8-7-10-5-3-2-4-6-11(10)9-12/h7-9H,2-6H2,1H3,(H,14,15). The molecule has 80 valence electrons. The van der Waals surface area contributed by atoms with Crippen molar-refractivity contribution in [3.63, 3.8) is 0 Å². The van der Waals surface area contributed by atoms with Crippen LogP contribution in [0, 0.1) is 0 Å². The topological polar surface area (TPSA) is 29.1 Å². The Balaban J connectivity index is 2.31. The first-order valence-corrected chi connectivity index (χ1v) is 5.65. The molecular weight excluding hydrogens is 186 g/mol. The summed E-state index contributed by atoms with van der Waals surface area (Å²) >= 11 is 0. The van der Waals surface area contributed by atoms with E-state index < -0.39 is 0 Å². The zero-order valence-electron chi connectivity index (χ0n) is 9.18. The van der Waals surface area contributed by atoms with Gasteiger partial charge in [-0.15, -0.1) is 0 Å². The van der Waals surface area contributed by atoms with Crippen molar-refractivity contribution in [1.82, 2.24) is 5.32 Å². The Morgan fingerprint density at radius 3 is 2.60 bits per heavy atom. The third kappa shape index (κ3) is 2.20. The summed E-state index contributed by atoms with van der Waals surface area (Å²) in [5.74, 6) is 0.0158. The van der Waals surface area contributed by atoms with E-state index in [1.165, 1.54) is 36.8 Å². The normalized spacial score (nSPS) is 15.3. The number of aryl methyl sites for hydroxylation is 2. The molecule has 2 nitrogen and oxygen atoms in total. The van der Waals surface area contributed by atoms with E-state index in [0.717, 1.165) is 12.0 Å². The maximum absolute atomic E-state index is 11.5. The first-order chi connectivity index (χ1) is 7.31. The largest absolute Gasteiger partial charge is 0.355 e. The van der Waals surface area contributed by atoms with Gasteiger partial charge < -0.3 is 5.32 Å². The zero-order valence-corrected chi connectivity index (χ0v) is 9.18. The first-order valence-electron chi connectivity index (χ1n) is 5.65. The Labute approximate surface area is 90.7 Å². The summed E-state index contributed by atoms with van der Waals surface area (Å²) in [6.45, 7) is 0. The van der Waals surface area contributed by atoms with Gasteiger partial charge in [-0.25, -0.2) is 0 Å². The van der Waals surface area contributed by atoms with Crippen LogP contribution in [-0.4, -0.2) is 13.0 Å². The first kappa shape index (κ1) is 10.2. The second-order valence-electron chi connectivity index (χ2n) is 4.12. The predicted molar refractivity (Wildman–Crippen MR) is 61.1 cm³/mol. The summed E-state index contributed by atoms with van der Waals surface area (Å²) in [6.07, 6.45) is 6.14. The van der Waals surface area contributed by atoms with E-state index in [4.69, 9.17) is 0 Å². The van der Waals surface area contributed by atoms with Gasteiger partial charge in [0.2, 0.25) is 0 Å². The number of hydrogen-bond acceptors (Lipinski definition) is 1. The lowest BCUT2D eigenvalue weighted by molar-refractivity contribution is 0.0963. The number of rotatable bonds is 1. The summed E-state index contributed by atoms with van der Waals surface area (Å²) in [7, 11) is 1.67. The van der Waals surface area contributed by atoms with Gasteiger partial charge in [0, 0.05) is 12.6 Å². The van der Waals surface area contributed by atoms with Crippen molar-refractivity contribution < 1.29 is 4.79 Å². The lowest BCUT2D eigenvalue weighted by atomic mass is 10.00. The molecule has 2 rings (SSSR count). The Morgan fingerprint density at radius 1 is 1.13 bits per heavy atom.